The first kappa shape index (κ1) is 22.6. The molecule has 25 heavy (non-hydrogen) atoms. The van der Waals surface area contributed by atoms with Crippen molar-refractivity contribution in [3.63, 3.8) is 0 Å². The summed E-state index contributed by atoms with van der Waals surface area (Å²) < 4.78 is 25.9. The molecule has 2 aliphatic rings. The number of rotatable bonds is 9. The maximum Gasteiger partial charge on any atom is 0.214 e. The van der Waals surface area contributed by atoms with E-state index in [4.69, 9.17) is 5.41 Å². The van der Waals surface area contributed by atoms with Crippen LogP contribution in [0.4, 0.5) is 0 Å². The molecule has 0 aromatic rings. The van der Waals surface area contributed by atoms with Gasteiger partial charge in [0.1, 0.15) is 0 Å². The second-order valence-electron chi connectivity index (χ2n) is 8.48. The molecular weight excluding hydrogens is 334 g/mol. The van der Waals surface area contributed by atoms with Crippen LogP contribution in [0.15, 0.2) is 0 Å². The topological polar surface area (TPSA) is 73.3 Å². The minimum absolute atomic E-state index is 0.231. The Morgan fingerprint density at radius 1 is 1.16 bits per heavy atom. The van der Waals surface area contributed by atoms with Crippen molar-refractivity contribution in [2.75, 3.05) is 18.8 Å². The number of piperazine rings is 1. The summed E-state index contributed by atoms with van der Waals surface area (Å²) in [6.45, 7) is 12.1. The maximum absolute atomic E-state index is 12.1. The van der Waals surface area contributed by atoms with Gasteiger partial charge in [0.15, 0.2) is 0 Å². The number of fused-ring (bicyclic) bond motifs is 2. The molecule has 2 unspecified atom stereocenters. The molecule has 0 aliphatic carbocycles. The van der Waals surface area contributed by atoms with Crippen molar-refractivity contribution in [2.45, 2.75) is 85.2 Å². The number of nitrogens with one attached hydrogen (secondary N) is 2. The fraction of sp³-hybridized carbons (Fsp3) is 0.947. The largest absolute Gasteiger partial charge is 0.311 e. The van der Waals surface area contributed by atoms with E-state index in [1.807, 2.05) is 6.92 Å². The molecule has 0 saturated carbocycles. The summed E-state index contributed by atoms with van der Waals surface area (Å²) in [5.41, 5.74) is 0.815. The van der Waals surface area contributed by atoms with Crippen LogP contribution in [0.1, 0.15) is 73.1 Å². The summed E-state index contributed by atoms with van der Waals surface area (Å²) in [7, 11) is -2.99. The van der Waals surface area contributed by atoms with Gasteiger partial charge >= 0.3 is 0 Å². The Kier molecular flexibility index (Phi) is 9.60. The Labute approximate surface area is 155 Å². The predicted molar refractivity (Wildman–Crippen MR) is 107 cm³/mol. The average Bonchev–Trinajstić information content (AvgIpc) is 3.09. The van der Waals surface area contributed by atoms with Crippen LogP contribution in [0.3, 0.4) is 0 Å². The number of hydrogen-bond donors (Lipinski definition) is 2. The lowest BCUT2D eigenvalue weighted by atomic mass is 10.1. The standard InChI is InChI=1S/C11H22N2O2S.C8H17N/c1-9(2)4-3-5-16(14,15)13-8-10-6-11(13)7-12-10;1-7(2)5-4-6-8(3)9/h9-12H,3-8H2,1-2H3;7,9H,4-6H2,1-3H3. The van der Waals surface area contributed by atoms with Crippen molar-refractivity contribution in [1.82, 2.24) is 9.62 Å². The number of nitrogens with zero attached hydrogens (tertiary/aromatic N) is 1. The third-order valence-electron chi connectivity index (χ3n) is 4.88. The van der Waals surface area contributed by atoms with Gasteiger partial charge in [-0.25, -0.2) is 8.42 Å². The lowest BCUT2D eigenvalue weighted by Crippen LogP contribution is -2.47. The quantitative estimate of drug-likeness (QED) is 0.606. The molecule has 6 heteroatoms. The molecule has 2 saturated heterocycles. The van der Waals surface area contributed by atoms with E-state index in [-0.39, 0.29) is 6.04 Å². The second-order valence-corrected chi connectivity index (χ2v) is 10.5. The third-order valence-corrected chi connectivity index (χ3v) is 6.85. The van der Waals surface area contributed by atoms with Crippen molar-refractivity contribution >= 4 is 15.7 Å². The van der Waals surface area contributed by atoms with E-state index in [1.54, 1.807) is 4.31 Å². The molecule has 0 amide bonds. The number of hydrogen-bond acceptors (Lipinski definition) is 4. The summed E-state index contributed by atoms with van der Waals surface area (Å²) in [6.07, 6.45) is 6.23. The highest BCUT2D eigenvalue weighted by atomic mass is 32.2. The van der Waals surface area contributed by atoms with Gasteiger partial charge in [0, 0.05) is 30.9 Å². The Bertz CT molecular complexity index is 503. The van der Waals surface area contributed by atoms with Crippen LogP contribution in [0.25, 0.3) is 0 Å². The maximum atomic E-state index is 12.1. The van der Waals surface area contributed by atoms with Gasteiger partial charge in [-0.3, -0.25) is 0 Å². The van der Waals surface area contributed by atoms with Crippen molar-refractivity contribution in [3.05, 3.63) is 0 Å². The Morgan fingerprint density at radius 3 is 2.20 bits per heavy atom. The third kappa shape index (κ3) is 8.65. The molecule has 0 aromatic carbocycles. The summed E-state index contributed by atoms with van der Waals surface area (Å²) in [5, 5.41) is 10.5. The first-order valence-corrected chi connectivity index (χ1v) is 11.5. The molecule has 0 spiro atoms. The molecule has 148 valence electrons. The molecule has 2 aliphatic heterocycles. The summed E-state index contributed by atoms with van der Waals surface area (Å²) in [6, 6.07) is 0.638. The van der Waals surface area contributed by atoms with E-state index in [0.717, 1.165) is 43.9 Å². The molecule has 2 atom stereocenters. The van der Waals surface area contributed by atoms with Crippen LogP contribution in [0.2, 0.25) is 0 Å². The fourth-order valence-electron chi connectivity index (χ4n) is 3.43. The molecule has 0 aromatic heterocycles. The van der Waals surface area contributed by atoms with Gasteiger partial charge in [-0.05, 0) is 50.9 Å². The van der Waals surface area contributed by atoms with Crippen LogP contribution in [-0.4, -0.2) is 49.4 Å². The van der Waals surface area contributed by atoms with E-state index in [0.29, 0.717) is 24.3 Å². The zero-order valence-electron chi connectivity index (χ0n) is 16.8. The van der Waals surface area contributed by atoms with Gasteiger partial charge in [-0.15, -0.1) is 0 Å². The molecule has 5 nitrogen and oxygen atoms in total. The Balaban J connectivity index is 0.000000299. The van der Waals surface area contributed by atoms with Crippen LogP contribution in [0.5, 0.6) is 0 Å². The molecule has 2 heterocycles. The van der Waals surface area contributed by atoms with Crippen LogP contribution < -0.4 is 5.32 Å². The molecule has 2 bridgehead atoms. The summed E-state index contributed by atoms with van der Waals surface area (Å²) in [4.78, 5) is 0. The zero-order valence-corrected chi connectivity index (χ0v) is 17.7. The lowest BCUT2D eigenvalue weighted by Gasteiger charge is -2.26. The van der Waals surface area contributed by atoms with E-state index in [9.17, 15) is 8.42 Å². The molecule has 0 radical (unpaired) electrons. The van der Waals surface area contributed by atoms with Gasteiger partial charge in [-0.1, -0.05) is 34.1 Å². The van der Waals surface area contributed by atoms with Crippen LogP contribution in [-0.2, 0) is 10.0 Å². The lowest BCUT2D eigenvalue weighted by molar-refractivity contribution is 0.348. The summed E-state index contributed by atoms with van der Waals surface area (Å²) in [5.74, 6) is 1.71. The second kappa shape index (κ2) is 10.6. The zero-order chi connectivity index (χ0) is 19.0. The first-order valence-electron chi connectivity index (χ1n) is 9.88. The minimum Gasteiger partial charge on any atom is -0.311 e. The molecular formula is C19H39N3O2S. The minimum atomic E-state index is -2.99. The van der Waals surface area contributed by atoms with E-state index >= 15 is 0 Å². The van der Waals surface area contributed by atoms with E-state index < -0.39 is 10.0 Å². The first-order chi connectivity index (χ1) is 11.6. The van der Waals surface area contributed by atoms with Crippen molar-refractivity contribution < 1.29 is 8.42 Å². The normalized spacial score (nSPS) is 23.2. The van der Waals surface area contributed by atoms with Crippen LogP contribution >= 0.6 is 0 Å². The van der Waals surface area contributed by atoms with Gasteiger partial charge in [-0.2, -0.15) is 4.31 Å². The number of sulfonamides is 1. The predicted octanol–water partition coefficient (Wildman–Crippen LogP) is 3.65. The molecule has 2 rings (SSSR count). The van der Waals surface area contributed by atoms with E-state index in [2.05, 4.69) is 33.0 Å². The van der Waals surface area contributed by atoms with Gasteiger partial charge in [0.05, 0.1) is 5.75 Å². The van der Waals surface area contributed by atoms with Gasteiger partial charge < -0.3 is 10.7 Å². The summed E-state index contributed by atoms with van der Waals surface area (Å²) >= 11 is 0. The highest BCUT2D eigenvalue weighted by Crippen LogP contribution is 2.26. The van der Waals surface area contributed by atoms with Gasteiger partial charge in [0.2, 0.25) is 10.0 Å². The van der Waals surface area contributed by atoms with Crippen LogP contribution in [0, 0.1) is 17.2 Å². The van der Waals surface area contributed by atoms with Crippen molar-refractivity contribution in [1.29, 1.82) is 5.41 Å². The highest BCUT2D eigenvalue weighted by Gasteiger charge is 2.43. The monoisotopic (exact) mass is 373 g/mol. The SMILES string of the molecule is CC(=N)CCCC(C)C.CC(C)CCCS(=O)(=O)N1CC2CC1CN2. The van der Waals surface area contributed by atoms with E-state index in [1.165, 1.54) is 12.8 Å². The highest BCUT2D eigenvalue weighted by molar-refractivity contribution is 7.89. The Morgan fingerprint density at radius 2 is 1.76 bits per heavy atom. The van der Waals surface area contributed by atoms with Crippen molar-refractivity contribution in [3.8, 4) is 0 Å². The molecule has 2 fully saturated rings. The Hall–Kier alpha value is -0.460. The van der Waals surface area contributed by atoms with Crippen molar-refractivity contribution in [2.24, 2.45) is 11.8 Å². The average molecular weight is 374 g/mol. The molecule has 2 N–H and O–H groups in total. The van der Waals surface area contributed by atoms with Gasteiger partial charge in [0.25, 0.3) is 0 Å². The smallest absolute Gasteiger partial charge is 0.214 e. The fourth-order valence-corrected chi connectivity index (χ4v) is 5.22.